The van der Waals surface area contributed by atoms with Gasteiger partial charge in [-0.2, -0.15) is 0 Å². The second kappa shape index (κ2) is 5.38. The molecular weight excluding hydrogens is 254 g/mol. The molecule has 1 aliphatic carbocycles. The van der Waals surface area contributed by atoms with Crippen molar-refractivity contribution >= 4 is 11.9 Å². The molecule has 0 atom stereocenters. The first-order chi connectivity index (χ1) is 9.28. The number of aryl methyl sites for hydroxylation is 1. The summed E-state index contributed by atoms with van der Waals surface area (Å²) in [6, 6.07) is 1.90. The molecule has 0 aliphatic heterocycles. The van der Waals surface area contributed by atoms with Crippen molar-refractivity contribution in [2.45, 2.75) is 52.5 Å². The molecule has 0 unspecified atom stereocenters. The van der Waals surface area contributed by atoms with Gasteiger partial charge in [0.25, 0.3) is 0 Å². The molecule has 1 fully saturated rings. The van der Waals surface area contributed by atoms with Gasteiger partial charge in [0, 0.05) is 18.8 Å². The highest BCUT2D eigenvalue weighted by atomic mass is 16.4. The van der Waals surface area contributed by atoms with Crippen molar-refractivity contribution in [3.8, 4) is 0 Å². The van der Waals surface area contributed by atoms with E-state index in [1.807, 2.05) is 11.9 Å². The van der Waals surface area contributed by atoms with Crippen molar-refractivity contribution in [1.82, 2.24) is 9.97 Å². The van der Waals surface area contributed by atoms with E-state index in [-0.39, 0.29) is 5.69 Å². The summed E-state index contributed by atoms with van der Waals surface area (Å²) in [7, 11) is 1.96. The van der Waals surface area contributed by atoms with Crippen molar-refractivity contribution in [3.05, 3.63) is 17.5 Å². The molecule has 0 aromatic carbocycles. The van der Waals surface area contributed by atoms with Gasteiger partial charge in [-0.05, 0) is 44.1 Å². The SMILES string of the molecule is Cc1cc(C(=O)O)nc(N(C)C2CCC(C)(C)CC2)n1. The lowest BCUT2D eigenvalue weighted by atomic mass is 9.75. The minimum Gasteiger partial charge on any atom is -0.477 e. The van der Waals surface area contributed by atoms with Crippen molar-refractivity contribution in [2.75, 3.05) is 11.9 Å². The van der Waals surface area contributed by atoms with Gasteiger partial charge >= 0.3 is 5.97 Å². The topological polar surface area (TPSA) is 66.3 Å². The molecule has 0 amide bonds. The predicted molar refractivity (Wildman–Crippen MR) is 78.2 cm³/mol. The van der Waals surface area contributed by atoms with Crippen LogP contribution in [0.3, 0.4) is 0 Å². The van der Waals surface area contributed by atoms with Gasteiger partial charge in [-0.25, -0.2) is 14.8 Å². The highest BCUT2D eigenvalue weighted by molar-refractivity contribution is 5.85. The zero-order valence-electron chi connectivity index (χ0n) is 12.7. The summed E-state index contributed by atoms with van der Waals surface area (Å²) >= 11 is 0. The average Bonchev–Trinajstić information content (AvgIpc) is 2.37. The van der Waals surface area contributed by atoms with Crippen LogP contribution in [0.15, 0.2) is 6.07 Å². The van der Waals surface area contributed by atoms with Gasteiger partial charge in [0.1, 0.15) is 0 Å². The lowest BCUT2D eigenvalue weighted by Crippen LogP contribution is -2.38. The number of rotatable bonds is 3. The van der Waals surface area contributed by atoms with Gasteiger partial charge in [-0.15, -0.1) is 0 Å². The number of anilines is 1. The van der Waals surface area contributed by atoms with Crippen LogP contribution in [0.5, 0.6) is 0 Å². The van der Waals surface area contributed by atoms with Gasteiger partial charge in [0.05, 0.1) is 0 Å². The standard InChI is InChI=1S/C15H23N3O2/c1-10-9-12(13(19)20)17-14(16-10)18(4)11-5-7-15(2,3)8-6-11/h9,11H,5-8H2,1-4H3,(H,19,20). The van der Waals surface area contributed by atoms with E-state index < -0.39 is 5.97 Å². The fourth-order valence-corrected chi connectivity index (χ4v) is 2.75. The lowest BCUT2D eigenvalue weighted by Gasteiger charge is -2.38. The van der Waals surface area contributed by atoms with Crippen molar-refractivity contribution < 1.29 is 9.90 Å². The van der Waals surface area contributed by atoms with Crippen LogP contribution in [0, 0.1) is 12.3 Å². The smallest absolute Gasteiger partial charge is 0.354 e. The Hall–Kier alpha value is -1.65. The maximum absolute atomic E-state index is 11.1. The van der Waals surface area contributed by atoms with Crippen LogP contribution in [0.1, 0.15) is 55.7 Å². The number of carboxylic acid groups (broad SMARTS) is 1. The van der Waals surface area contributed by atoms with E-state index in [0.717, 1.165) is 12.8 Å². The van der Waals surface area contributed by atoms with E-state index in [9.17, 15) is 4.79 Å². The predicted octanol–water partition coefficient (Wildman–Crippen LogP) is 2.89. The minimum absolute atomic E-state index is 0.0653. The molecule has 1 aliphatic rings. The Morgan fingerprint density at radius 3 is 2.50 bits per heavy atom. The van der Waals surface area contributed by atoms with Crippen LogP contribution in [0.2, 0.25) is 0 Å². The van der Waals surface area contributed by atoms with E-state index in [1.54, 1.807) is 6.92 Å². The van der Waals surface area contributed by atoms with Crippen LogP contribution in [0.4, 0.5) is 5.95 Å². The van der Waals surface area contributed by atoms with E-state index in [0.29, 0.717) is 23.1 Å². The Morgan fingerprint density at radius 2 is 1.95 bits per heavy atom. The van der Waals surface area contributed by atoms with E-state index >= 15 is 0 Å². The second-order valence-electron chi connectivity index (χ2n) is 6.51. The number of nitrogens with zero attached hydrogens (tertiary/aromatic N) is 3. The summed E-state index contributed by atoms with van der Waals surface area (Å²) in [5.74, 6) is -0.484. The third kappa shape index (κ3) is 3.26. The number of hydrogen-bond acceptors (Lipinski definition) is 4. The van der Waals surface area contributed by atoms with Gasteiger partial charge in [0.2, 0.25) is 5.95 Å². The Bertz CT molecular complexity index is 504. The van der Waals surface area contributed by atoms with Crippen LogP contribution in [-0.2, 0) is 0 Å². The molecule has 1 N–H and O–H groups in total. The molecule has 0 radical (unpaired) electrons. The molecule has 2 rings (SSSR count). The minimum atomic E-state index is -1.00. The third-order valence-electron chi connectivity index (χ3n) is 4.23. The van der Waals surface area contributed by atoms with Gasteiger partial charge < -0.3 is 10.0 Å². The number of carboxylic acids is 1. The number of aromatic carboxylic acids is 1. The molecule has 1 aromatic rings. The van der Waals surface area contributed by atoms with Crippen LogP contribution < -0.4 is 4.90 Å². The molecule has 110 valence electrons. The molecule has 5 nitrogen and oxygen atoms in total. The van der Waals surface area contributed by atoms with Crippen molar-refractivity contribution in [1.29, 1.82) is 0 Å². The molecule has 1 saturated carbocycles. The van der Waals surface area contributed by atoms with Crippen LogP contribution >= 0.6 is 0 Å². The largest absolute Gasteiger partial charge is 0.477 e. The van der Waals surface area contributed by atoms with Crippen molar-refractivity contribution in [3.63, 3.8) is 0 Å². The Labute approximate surface area is 120 Å². The van der Waals surface area contributed by atoms with Crippen LogP contribution in [-0.4, -0.2) is 34.1 Å². The Kier molecular flexibility index (Phi) is 3.97. The molecule has 0 spiro atoms. The normalized spacial score (nSPS) is 18.8. The Balaban J connectivity index is 2.17. The molecule has 1 aromatic heterocycles. The molecule has 5 heteroatoms. The van der Waals surface area contributed by atoms with Gasteiger partial charge in [-0.1, -0.05) is 13.8 Å². The molecular formula is C15H23N3O2. The second-order valence-corrected chi connectivity index (χ2v) is 6.51. The lowest BCUT2D eigenvalue weighted by molar-refractivity contribution is 0.0690. The number of aromatic nitrogens is 2. The van der Waals surface area contributed by atoms with Gasteiger partial charge in [-0.3, -0.25) is 0 Å². The van der Waals surface area contributed by atoms with E-state index in [2.05, 4.69) is 23.8 Å². The first kappa shape index (κ1) is 14.8. The molecule has 0 bridgehead atoms. The summed E-state index contributed by atoms with van der Waals surface area (Å²) in [5.41, 5.74) is 1.17. The van der Waals surface area contributed by atoms with Crippen molar-refractivity contribution in [2.24, 2.45) is 5.41 Å². The van der Waals surface area contributed by atoms with E-state index in [1.165, 1.54) is 18.9 Å². The first-order valence-corrected chi connectivity index (χ1v) is 7.10. The third-order valence-corrected chi connectivity index (χ3v) is 4.23. The highest BCUT2D eigenvalue weighted by Crippen LogP contribution is 2.37. The highest BCUT2D eigenvalue weighted by Gasteiger charge is 2.30. The summed E-state index contributed by atoms with van der Waals surface area (Å²) < 4.78 is 0. The van der Waals surface area contributed by atoms with Crippen LogP contribution in [0.25, 0.3) is 0 Å². The zero-order chi connectivity index (χ0) is 14.9. The first-order valence-electron chi connectivity index (χ1n) is 7.10. The fourth-order valence-electron chi connectivity index (χ4n) is 2.75. The maximum Gasteiger partial charge on any atom is 0.354 e. The summed E-state index contributed by atoms with van der Waals surface area (Å²) in [6.07, 6.45) is 4.56. The molecule has 20 heavy (non-hydrogen) atoms. The van der Waals surface area contributed by atoms with Gasteiger partial charge in [0.15, 0.2) is 5.69 Å². The number of hydrogen-bond donors (Lipinski definition) is 1. The summed E-state index contributed by atoms with van der Waals surface area (Å²) in [4.78, 5) is 21.7. The quantitative estimate of drug-likeness (QED) is 0.920. The molecule has 1 heterocycles. The summed E-state index contributed by atoms with van der Waals surface area (Å²) in [5, 5.41) is 9.09. The Morgan fingerprint density at radius 1 is 1.35 bits per heavy atom. The average molecular weight is 277 g/mol. The fraction of sp³-hybridized carbons (Fsp3) is 0.667. The molecule has 0 saturated heterocycles. The monoisotopic (exact) mass is 277 g/mol. The maximum atomic E-state index is 11.1. The number of carbonyl (C=O) groups is 1. The zero-order valence-corrected chi connectivity index (χ0v) is 12.7. The van der Waals surface area contributed by atoms with E-state index in [4.69, 9.17) is 5.11 Å². The summed E-state index contributed by atoms with van der Waals surface area (Å²) in [6.45, 7) is 6.40.